The highest BCUT2D eigenvalue weighted by atomic mass is 32.2. The first-order valence-electron chi connectivity index (χ1n) is 4.85. The molecule has 3 nitrogen and oxygen atoms in total. The topological polar surface area (TPSA) is 70.1 Å². The minimum absolute atomic E-state index is 0.0926. The number of nitrogens with two attached hydrogens (primary N) is 1. The zero-order chi connectivity index (χ0) is 11.3. The maximum absolute atomic E-state index is 8.77. The number of aliphatic hydroxyl groups excluding tert-OH is 1. The van der Waals surface area contributed by atoms with E-state index in [1.807, 2.05) is 24.3 Å². The highest BCUT2D eigenvalue weighted by Crippen LogP contribution is 2.24. The van der Waals surface area contributed by atoms with Gasteiger partial charge in [-0.15, -0.1) is 11.8 Å². The molecule has 4 N–H and O–H groups in total. The number of aliphatic hydroxyl groups is 1. The van der Waals surface area contributed by atoms with Crippen LogP contribution in [0.2, 0.25) is 0 Å². The number of hydrogen-bond acceptors (Lipinski definition) is 3. The molecule has 0 bridgehead atoms. The van der Waals surface area contributed by atoms with Gasteiger partial charge < -0.3 is 10.8 Å². The van der Waals surface area contributed by atoms with Crippen molar-refractivity contribution in [1.82, 2.24) is 0 Å². The molecule has 0 aliphatic carbocycles. The normalized spacial score (nSPS) is 12.4. The molecule has 1 rings (SSSR count). The van der Waals surface area contributed by atoms with E-state index >= 15 is 0 Å². The summed E-state index contributed by atoms with van der Waals surface area (Å²) < 4.78 is 0. The number of nitrogen functional groups attached to an aromatic ring is 1. The molecule has 0 aliphatic rings. The van der Waals surface area contributed by atoms with Crippen LogP contribution < -0.4 is 5.73 Å². The minimum Gasteiger partial charge on any atom is -0.396 e. The fraction of sp³-hybridized carbons (Fsp3) is 0.364. The van der Waals surface area contributed by atoms with Gasteiger partial charge in [0.25, 0.3) is 0 Å². The van der Waals surface area contributed by atoms with Gasteiger partial charge in [0.1, 0.15) is 5.84 Å². The van der Waals surface area contributed by atoms with E-state index < -0.39 is 0 Å². The average molecular weight is 224 g/mol. The van der Waals surface area contributed by atoms with Gasteiger partial charge >= 0.3 is 0 Å². The number of rotatable bonds is 5. The van der Waals surface area contributed by atoms with Crippen molar-refractivity contribution in [2.45, 2.75) is 23.5 Å². The lowest BCUT2D eigenvalue weighted by atomic mass is 10.2. The molecule has 0 fully saturated rings. The van der Waals surface area contributed by atoms with Crippen LogP contribution in [0.15, 0.2) is 29.2 Å². The summed E-state index contributed by atoms with van der Waals surface area (Å²) in [5.74, 6) is 0.0926. The quantitative estimate of drug-likeness (QED) is 0.406. The molecule has 0 saturated carbocycles. The third-order valence-corrected chi connectivity index (χ3v) is 3.22. The van der Waals surface area contributed by atoms with Gasteiger partial charge in [0, 0.05) is 22.3 Å². The summed E-state index contributed by atoms with van der Waals surface area (Å²) in [4.78, 5) is 1.14. The van der Waals surface area contributed by atoms with E-state index in [9.17, 15) is 0 Å². The Bertz CT molecular complexity index is 324. The highest BCUT2D eigenvalue weighted by molar-refractivity contribution is 7.99. The largest absolute Gasteiger partial charge is 0.396 e. The monoisotopic (exact) mass is 224 g/mol. The fourth-order valence-corrected chi connectivity index (χ4v) is 2.17. The van der Waals surface area contributed by atoms with Gasteiger partial charge in [0.2, 0.25) is 0 Å². The molecule has 0 radical (unpaired) electrons. The van der Waals surface area contributed by atoms with Crippen LogP contribution in [0.5, 0.6) is 0 Å². The molecular formula is C11H16N2OS. The van der Waals surface area contributed by atoms with Gasteiger partial charge in [0.05, 0.1) is 0 Å². The first-order chi connectivity index (χ1) is 7.13. The Hall–Kier alpha value is -1.00. The van der Waals surface area contributed by atoms with Crippen molar-refractivity contribution >= 4 is 17.6 Å². The third kappa shape index (κ3) is 3.93. The molecule has 0 spiro atoms. The van der Waals surface area contributed by atoms with Crippen LogP contribution in [0, 0.1) is 5.41 Å². The Morgan fingerprint density at radius 1 is 1.47 bits per heavy atom. The summed E-state index contributed by atoms with van der Waals surface area (Å²) in [5, 5.41) is 16.4. The fourth-order valence-electron chi connectivity index (χ4n) is 1.19. The SMILES string of the molecule is CC(CCO)Sc1ccc(C(=N)N)cc1. The second-order valence-electron chi connectivity index (χ2n) is 3.38. The Kier molecular flexibility index (Phi) is 4.65. The maximum Gasteiger partial charge on any atom is 0.122 e. The average Bonchev–Trinajstić information content (AvgIpc) is 2.18. The molecule has 1 aromatic rings. The number of amidine groups is 1. The van der Waals surface area contributed by atoms with Crippen LogP contribution in [0.1, 0.15) is 18.9 Å². The predicted molar refractivity (Wildman–Crippen MR) is 64.5 cm³/mol. The molecule has 1 atom stereocenters. The molecule has 0 amide bonds. The molecule has 15 heavy (non-hydrogen) atoms. The van der Waals surface area contributed by atoms with Crippen LogP contribution in [-0.4, -0.2) is 22.8 Å². The molecule has 0 heterocycles. The van der Waals surface area contributed by atoms with Crippen LogP contribution in [-0.2, 0) is 0 Å². The second kappa shape index (κ2) is 5.78. The van der Waals surface area contributed by atoms with Gasteiger partial charge in [-0.05, 0) is 18.6 Å². The molecular weight excluding hydrogens is 208 g/mol. The third-order valence-electron chi connectivity index (χ3n) is 2.04. The predicted octanol–water partition coefficient (Wildman–Crippen LogP) is 1.83. The molecule has 1 unspecified atom stereocenters. The van der Waals surface area contributed by atoms with E-state index in [-0.39, 0.29) is 12.4 Å². The van der Waals surface area contributed by atoms with Crippen molar-refractivity contribution < 1.29 is 5.11 Å². The Balaban J connectivity index is 2.60. The summed E-state index contributed by atoms with van der Waals surface area (Å²) in [5.41, 5.74) is 6.10. The van der Waals surface area contributed by atoms with Crippen molar-refractivity contribution in [3.05, 3.63) is 29.8 Å². The number of hydrogen-bond donors (Lipinski definition) is 3. The summed E-state index contributed by atoms with van der Waals surface area (Å²) in [7, 11) is 0. The van der Waals surface area contributed by atoms with Gasteiger partial charge in [-0.1, -0.05) is 19.1 Å². The lowest BCUT2D eigenvalue weighted by Crippen LogP contribution is -2.10. The summed E-state index contributed by atoms with van der Waals surface area (Å²) in [6.07, 6.45) is 0.791. The molecule has 82 valence electrons. The first kappa shape index (κ1) is 12.1. The van der Waals surface area contributed by atoms with Gasteiger partial charge in [-0.25, -0.2) is 0 Å². The van der Waals surface area contributed by atoms with Crippen LogP contribution in [0.25, 0.3) is 0 Å². The lowest BCUT2D eigenvalue weighted by molar-refractivity contribution is 0.289. The van der Waals surface area contributed by atoms with E-state index in [4.69, 9.17) is 16.2 Å². The smallest absolute Gasteiger partial charge is 0.122 e. The summed E-state index contributed by atoms with van der Waals surface area (Å²) in [6, 6.07) is 7.59. The van der Waals surface area contributed by atoms with Crippen LogP contribution in [0.4, 0.5) is 0 Å². The van der Waals surface area contributed by atoms with Crippen molar-refractivity contribution in [3.63, 3.8) is 0 Å². The Labute approximate surface area is 94.2 Å². The zero-order valence-corrected chi connectivity index (χ0v) is 9.55. The van der Waals surface area contributed by atoms with Gasteiger partial charge in [0.15, 0.2) is 0 Å². The summed E-state index contributed by atoms with van der Waals surface area (Å²) >= 11 is 1.72. The highest BCUT2D eigenvalue weighted by Gasteiger charge is 2.04. The van der Waals surface area contributed by atoms with Crippen molar-refractivity contribution in [3.8, 4) is 0 Å². The van der Waals surface area contributed by atoms with E-state index in [0.717, 1.165) is 16.9 Å². The number of benzene rings is 1. The van der Waals surface area contributed by atoms with E-state index in [0.29, 0.717) is 5.25 Å². The Morgan fingerprint density at radius 2 is 2.07 bits per heavy atom. The molecule has 1 aromatic carbocycles. The van der Waals surface area contributed by atoms with E-state index in [1.54, 1.807) is 11.8 Å². The van der Waals surface area contributed by atoms with Crippen molar-refractivity contribution in [2.24, 2.45) is 5.73 Å². The molecule has 4 heteroatoms. The second-order valence-corrected chi connectivity index (χ2v) is 4.89. The van der Waals surface area contributed by atoms with E-state index in [2.05, 4.69) is 6.92 Å². The van der Waals surface area contributed by atoms with Gasteiger partial charge in [-0.3, -0.25) is 5.41 Å². The zero-order valence-electron chi connectivity index (χ0n) is 8.73. The molecule has 0 aromatic heterocycles. The van der Waals surface area contributed by atoms with Crippen LogP contribution >= 0.6 is 11.8 Å². The number of nitrogens with one attached hydrogen (secondary N) is 1. The molecule has 0 saturated heterocycles. The Morgan fingerprint density at radius 3 is 2.53 bits per heavy atom. The van der Waals surface area contributed by atoms with Gasteiger partial charge in [-0.2, -0.15) is 0 Å². The van der Waals surface area contributed by atoms with Crippen LogP contribution in [0.3, 0.4) is 0 Å². The van der Waals surface area contributed by atoms with Crippen molar-refractivity contribution in [1.29, 1.82) is 5.41 Å². The first-order valence-corrected chi connectivity index (χ1v) is 5.73. The minimum atomic E-state index is 0.0926. The maximum atomic E-state index is 8.77. The summed E-state index contributed by atoms with van der Waals surface area (Å²) in [6.45, 7) is 2.31. The number of thioether (sulfide) groups is 1. The standard InChI is InChI=1S/C11H16N2OS/c1-8(6-7-14)15-10-4-2-9(3-5-10)11(12)13/h2-5,8,14H,6-7H2,1H3,(H3,12,13). The lowest BCUT2D eigenvalue weighted by Gasteiger charge is -2.09. The van der Waals surface area contributed by atoms with Crippen molar-refractivity contribution in [2.75, 3.05) is 6.61 Å². The van der Waals surface area contributed by atoms with E-state index in [1.165, 1.54) is 0 Å². The molecule has 0 aliphatic heterocycles.